The zero-order chi connectivity index (χ0) is 7.68. The van der Waals surface area contributed by atoms with Gasteiger partial charge in [0.05, 0.1) is 0 Å². The number of fused-ring (bicyclic) bond motifs is 1. The second-order valence-corrected chi connectivity index (χ2v) is 3.56. The lowest BCUT2D eigenvalue weighted by Gasteiger charge is -1.93. The molecule has 0 atom stereocenters. The third kappa shape index (κ3) is 1.49. The van der Waals surface area contributed by atoms with Crippen molar-refractivity contribution < 1.29 is 4.42 Å². The van der Waals surface area contributed by atoms with Gasteiger partial charge in [-0.05, 0) is 35.0 Å². The highest BCUT2D eigenvalue weighted by atomic mass is 79.9. The van der Waals surface area contributed by atoms with Gasteiger partial charge in [0.25, 0.3) is 0 Å². The first-order valence-corrected chi connectivity index (χ1v) is 4.63. The minimum atomic E-state index is 0.853. The van der Waals surface area contributed by atoms with Gasteiger partial charge in [0, 0.05) is 18.5 Å². The van der Waals surface area contributed by atoms with E-state index in [0.717, 1.165) is 29.9 Å². The third-order valence-corrected chi connectivity index (χ3v) is 2.33. The van der Waals surface area contributed by atoms with Crippen LogP contribution in [0.5, 0.6) is 0 Å². The normalized spacial score (nSPS) is 17.5. The zero-order valence-corrected chi connectivity index (χ0v) is 7.78. The Bertz CT molecular complexity index is 233. The SMILES string of the molecule is Brc1cc2c(o1)CCCNC2. The fourth-order valence-corrected chi connectivity index (χ4v) is 1.86. The molecule has 1 aliphatic rings. The van der Waals surface area contributed by atoms with Gasteiger partial charge in [0.1, 0.15) is 5.76 Å². The van der Waals surface area contributed by atoms with Crippen molar-refractivity contribution in [2.75, 3.05) is 6.54 Å². The van der Waals surface area contributed by atoms with Crippen molar-refractivity contribution in [3.8, 4) is 0 Å². The Balaban J connectivity index is 2.32. The lowest BCUT2D eigenvalue weighted by molar-refractivity contribution is 0.483. The Labute approximate surface area is 74.1 Å². The Hall–Kier alpha value is -0.280. The molecule has 0 fully saturated rings. The quantitative estimate of drug-likeness (QED) is 0.718. The molecule has 0 bridgehead atoms. The predicted octanol–water partition coefficient (Wildman–Crippen LogP) is 2.08. The summed E-state index contributed by atoms with van der Waals surface area (Å²) in [6.07, 6.45) is 2.24. The number of nitrogens with one attached hydrogen (secondary N) is 1. The van der Waals surface area contributed by atoms with Crippen LogP contribution in [-0.4, -0.2) is 6.54 Å². The molecule has 2 rings (SSSR count). The van der Waals surface area contributed by atoms with Crippen molar-refractivity contribution in [2.24, 2.45) is 0 Å². The summed E-state index contributed by atoms with van der Waals surface area (Å²) >= 11 is 3.32. The first-order valence-electron chi connectivity index (χ1n) is 3.84. The molecule has 1 aromatic rings. The van der Waals surface area contributed by atoms with Crippen LogP contribution in [0, 0.1) is 0 Å². The van der Waals surface area contributed by atoms with Crippen molar-refractivity contribution in [2.45, 2.75) is 19.4 Å². The average molecular weight is 216 g/mol. The van der Waals surface area contributed by atoms with Crippen LogP contribution in [0.4, 0.5) is 0 Å². The Morgan fingerprint density at radius 3 is 3.36 bits per heavy atom. The monoisotopic (exact) mass is 215 g/mol. The first kappa shape index (κ1) is 7.37. The van der Waals surface area contributed by atoms with E-state index in [-0.39, 0.29) is 0 Å². The molecule has 1 N–H and O–H groups in total. The van der Waals surface area contributed by atoms with Gasteiger partial charge < -0.3 is 9.73 Å². The molecule has 0 saturated carbocycles. The van der Waals surface area contributed by atoms with Crippen LogP contribution in [-0.2, 0) is 13.0 Å². The van der Waals surface area contributed by atoms with Crippen LogP contribution in [0.15, 0.2) is 15.2 Å². The van der Waals surface area contributed by atoms with Crippen LogP contribution < -0.4 is 5.32 Å². The molecule has 0 spiro atoms. The molecule has 2 nitrogen and oxygen atoms in total. The van der Waals surface area contributed by atoms with Crippen molar-refractivity contribution in [1.29, 1.82) is 0 Å². The van der Waals surface area contributed by atoms with E-state index in [0.29, 0.717) is 0 Å². The maximum Gasteiger partial charge on any atom is 0.169 e. The highest BCUT2D eigenvalue weighted by Gasteiger charge is 2.11. The largest absolute Gasteiger partial charge is 0.454 e. The van der Waals surface area contributed by atoms with Gasteiger partial charge in [-0.15, -0.1) is 0 Å². The van der Waals surface area contributed by atoms with Gasteiger partial charge in [-0.2, -0.15) is 0 Å². The highest BCUT2D eigenvalue weighted by molar-refractivity contribution is 9.10. The maximum atomic E-state index is 5.46. The summed E-state index contributed by atoms with van der Waals surface area (Å²) < 4.78 is 6.32. The first-order chi connectivity index (χ1) is 5.36. The molecule has 0 aliphatic carbocycles. The van der Waals surface area contributed by atoms with Gasteiger partial charge in [-0.25, -0.2) is 0 Å². The van der Waals surface area contributed by atoms with E-state index in [1.54, 1.807) is 0 Å². The standard InChI is InChI=1S/C8H10BrNO/c9-8-4-6-5-10-3-1-2-7(6)11-8/h4,10H,1-3,5H2. The lowest BCUT2D eigenvalue weighted by atomic mass is 10.2. The number of rotatable bonds is 0. The molecule has 60 valence electrons. The molecule has 11 heavy (non-hydrogen) atoms. The fraction of sp³-hybridized carbons (Fsp3) is 0.500. The molecular formula is C8H10BrNO. The number of halogens is 1. The minimum absolute atomic E-state index is 0.853. The zero-order valence-electron chi connectivity index (χ0n) is 6.19. The predicted molar refractivity (Wildman–Crippen MR) is 46.4 cm³/mol. The molecule has 2 heterocycles. The molecular weight excluding hydrogens is 206 g/mol. The minimum Gasteiger partial charge on any atom is -0.454 e. The van der Waals surface area contributed by atoms with Gasteiger partial charge >= 0.3 is 0 Å². The van der Waals surface area contributed by atoms with Gasteiger partial charge in [-0.3, -0.25) is 0 Å². The molecule has 1 aliphatic heterocycles. The number of hydrogen-bond donors (Lipinski definition) is 1. The van der Waals surface area contributed by atoms with E-state index in [1.807, 2.05) is 6.07 Å². The fourth-order valence-electron chi connectivity index (χ4n) is 1.39. The molecule has 0 aromatic carbocycles. The van der Waals surface area contributed by atoms with Crippen LogP contribution in [0.25, 0.3) is 0 Å². The van der Waals surface area contributed by atoms with Crippen LogP contribution in [0.3, 0.4) is 0 Å². The van der Waals surface area contributed by atoms with Gasteiger partial charge in [-0.1, -0.05) is 0 Å². The molecule has 1 aromatic heterocycles. The number of aryl methyl sites for hydroxylation is 1. The van der Waals surface area contributed by atoms with Gasteiger partial charge in [0.2, 0.25) is 0 Å². The Kier molecular flexibility index (Phi) is 2.00. The lowest BCUT2D eigenvalue weighted by Crippen LogP contribution is -2.11. The van der Waals surface area contributed by atoms with Crippen LogP contribution >= 0.6 is 15.9 Å². The van der Waals surface area contributed by atoms with Crippen molar-refractivity contribution in [3.05, 3.63) is 22.1 Å². The molecule has 0 amide bonds. The second kappa shape index (κ2) is 2.99. The average Bonchev–Trinajstić information content (AvgIpc) is 2.17. The van der Waals surface area contributed by atoms with E-state index in [2.05, 4.69) is 21.2 Å². The molecule has 3 heteroatoms. The third-order valence-electron chi connectivity index (χ3n) is 1.94. The summed E-state index contributed by atoms with van der Waals surface area (Å²) in [5, 5.41) is 3.34. The summed E-state index contributed by atoms with van der Waals surface area (Å²) in [7, 11) is 0. The van der Waals surface area contributed by atoms with E-state index >= 15 is 0 Å². The maximum absolute atomic E-state index is 5.46. The summed E-state index contributed by atoms with van der Waals surface area (Å²) in [5.74, 6) is 1.14. The van der Waals surface area contributed by atoms with E-state index in [1.165, 1.54) is 12.0 Å². The smallest absolute Gasteiger partial charge is 0.169 e. The van der Waals surface area contributed by atoms with E-state index in [4.69, 9.17) is 4.42 Å². The summed E-state index contributed by atoms with van der Waals surface area (Å²) in [4.78, 5) is 0. The highest BCUT2D eigenvalue weighted by Crippen LogP contribution is 2.22. The van der Waals surface area contributed by atoms with E-state index in [9.17, 15) is 0 Å². The summed E-state index contributed by atoms with van der Waals surface area (Å²) in [5.41, 5.74) is 1.30. The molecule has 0 saturated heterocycles. The molecule has 0 radical (unpaired) electrons. The van der Waals surface area contributed by atoms with Crippen molar-refractivity contribution in [1.82, 2.24) is 5.32 Å². The summed E-state index contributed by atoms with van der Waals surface area (Å²) in [6.45, 7) is 2.05. The van der Waals surface area contributed by atoms with Crippen molar-refractivity contribution in [3.63, 3.8) is 0 Å². The van der Waals surface area contributed by atoms with Crippen LogP contribution in [0.2, 0.25) is 0 Å². The number of furan rings is 1. The van der Waals surface area contributed by atoms with Gasteiger partial charge in [0.15, 0.2) is 4.67 Å². The molecule has 0 unspecified atom stereocenters. The summed E-state index contributed by atoms with van der Waals surface area (Å²) in [6, 6.07) is 2.05. The van der Waals surface area contributed by atoms with Crippen molar-refractivity contribution >= 4 is 15.9 Å². The topological polar surface area (TPSA) is 25.2 Å². The van der Waals surface area contributed by atoms with E-state index < -0.39 is 0 Å². The van der Waals surface area contributed by atoms with Crippen LogP contribution in [0.1, 0.15) is 17.7 Å². The Morgan fingerprint density at radius 2 is 2.45 bits per heavy atom. The number of hydrogen-bond acceptors (Lipinski definition) is 2. The Morgan fingerprint density at radius 1 is 1.55 bits per heavy atom. The second-order valence-electron chi connectivity index (χ2n) is 2.78.